The van der Waals surface area contributed by atoms with Gasteiger partial charge in [0.1, 0.15) is 12.0 Å². The second-order valence-corrected chi connectivity index (χ2v) is 7.09. The highest BCUT2D eigenvalue weighted by Crippen LogP contribution is 2.31. The third kappa shape index (κ3) is 4.70. The van der Waals surface area contributed by atoms with Gasteiger partial charge in [-0.05, 0) is 49.7 Å². The highest BCUT2D eigenvalue weighted by molar-refractivity contribution is 6.36. The predicted octanol–water partition coefficient (Wildman–Crippen LogP) is 4.59. The molecule has 2 aromatic carbocycles. The number of nitrogens with zero attached hydrogens (tertiary/aromatic N) is 3. The number of aryl methyl sites for hydroxylation is 1. The first-order valence-electron chi connectivity index (χ1n) is 8.86. The first-order chi connectivity index (χ1) is 13.9. The Kier molecular flexibility index (Phi) is 6.41. The van der Waals surface area contributed by atoms with E-state index in [1.165, 1.54) is 18.5 Å². The summed E-state index contributed by atoms with van der Waals surface area (Å²) in [5.74, 6) is 0.367. The summed E-state index contributed by atoms with van der Waals surface area (Å²) < 4.78 is 0. The minimum atomic E-state index is -0.447. The van der Waals surface area contributed by atoms with Gasteiger partial charge in [0.15, 0.2) is 11.6 Å². The molecule has 29 heavy (non-hydrogen) atoms. The van der Waals surface area contributed by atoms with Crippen molar-refractivity contribution in [1.82, 2.24) is 15.4 Å². The Labute approximate surface area is 178 Å². The van der Waals surface area contributed by atoms with Crippen LogP contribution in [0.1, 0.15) is 22.8 Å². The van der Waals surface area contributed by atoms with Crippen molar-refractivity contribution in [2.75, 3.05) is 22.6 Å². The van der Waals surface area contributed by atoms with E-state index in [1.807, 2.05) is 43.0 Å². The second kappa shape index (κ2) is 8.98. The zero-order valence-electron chi connectivity index (χ0n) is 15.9. The monoisotopic (exact) mass is 430 g/mol. The first kappa shape index (κ1) is 20.7. The van der Waals surface area contributed by atoms with E-state index >= 15 is 0 Å². The lowest BCUT2D eigenvalue weighted by Gasteiger charge is -2.24. The Morgan fingerprint density at radius 2 is 1.97 bits per heavy atom. The standard InChI is InChI=1S/C20H20Cl2N6O/c1-3-28(14-6-4-5-12(2)9-14)19-17(23)18(24-11-25-19)26-27-20(29)15-8-7-13(21)10-16(15)22/h4-11H,3,23H2,1-2H3,(H,27,29)(H,24,25,26). The number of carbonyl (C=O) groups is 1. The summed E-state index contributed by atoms with van der Waals surface area (Å²) in [4.78, 5) is 22.8. The molecule has 150 valence electrons. The van der Waals surface area contributed by atoms with Crippen LogP contribution >= 0.6 is 23.2 Å². The van der Waals surface area contributed by atoms with Gasteiger partial charge in [0.25, 0.3) is 5.91 Å². The number of aromatic nitrogens is 2. The van der Waals surface area contributed by atoms with Gasteiger partial charge in [0.05, 0.1) is 10.6 Å². The van der Waals surface area contributed by atoms with Crippen LogP contribution < -0.4 is 21.5 Å². The van der Waals surface area contributed by atoms with Crippen LogP contribution in [-0.4, -0.2) is 22.4 Å². The molecule has 9 heteroatoms. The maximum absolute atomic E-state index is 12.4. The number of rotatable bonds is 6. The highest BCUT2D eigenvalue weighted by Gasteiger charge is 2.17. The van der Waals surface area contributed by atoms with E-state index in [0.717, 1.165) is 11.3 Å². The number of carbonyl (C=O) groups excluding carboxylic acids is 1. The Morgan fingerprint density at radius 3 is 2.66 bits per heavy atom. The van der Waals surface area contributed by atoms with Crippen LogP contribution in [0.25, 0.3) is 0 Å². The first-order valence-corrected chi connectivity index (χ1v) is 9.62. The number of nitrogen functional groups attached to an aromatic ring is 1. The number of benzene rings is 2. The Hall–Kier alpha value is -3.03. The maximum atomic E-state index is 12.4. The molecule has 0 fully saturated rings. The molecule has 3 aromatic rings. The fourth-order valence-electron chi connectivity index (χ4n) is 2.81. The van der Waals surface area contributed by atoms with Gasteiger partial charge in [0, 0.05) is 17.3 Å². The zero-order chi connectivity index (χ0) is 21.0. The highest BCUT2D eigenvalue weighted by atomic mass is 35.5. The Bertz CT molecular complexity index is 1040. The summed E-state index contributed by atoms with van der Waals surface area (Å²) in [6.45, 7) is 4.67. The molecule has 1 heterocycles. The third-order valence-corrected chi connectivity index (χ3v) is 4.77. The summed E-state index contributed by atoms with van der Waals surface area (Å²) in [5.41, 5.74) is 14.2. The summed E-state index contributed by atoms with van der Waals surface area (Å²) in [6, 6.07) is 12.6. The molecule has 0 saturated carbocycles. The molecule has 0 spiro atoms. The van der Waals surface area contributed by atoms with Crippen LogP contribution in [0.2, 0.25) is 10.0 Å². The molecule has 0 radical (unpaired) electrons. The molecule has 1 amide bonds. The van der Waals surface area contributed by atoms with Crippen molar-refractivity contribution in [2.24, 2.45) is 0 Å². The lowest BCUT2D eigenvalue weighted by atomic mass is 10.2. The van der Waals surface area contributed by atoms with Crippen molar-refractivity contribution in [3.8, 4) is 0 Å². The summed E-state index contributed by atoms with van der Waals surface area (Å²) in [6.07, 6.45) is 1.38. The van der Waals surface area contributed by atoms with Crippen LogP contribution in [0.15, 0.2) is 48.8 Å². The van der Waals surface area contributed by atoms with Crippen molar-refractivity contribution >= 4 is 52.1 Å². The molecule has 0 saturated heterocycles. The Balaban J connectivity index is 1.82. The SMILES string of the molecule is CCN(c1cccc(C)c1)c1ncnc(NNC(=O)c2ccc(Cl)cc2Cl)c1N. The molecule has 0 aliphatic carbocycles. The fraction of sp³-hybridized carbons (Fsp3) is 0.150. The number of nitrogens with one attached hydrogen (secondary N) is 2. The molecule has 4 N–H and O–H groups in total. The van der Waals surface area contributed by atoms with E-state index in [4.69, 9.17) is 28.9 Å². The van der Waals surface area contributed by atoms with Gasteiger partial charge in [-0.15, -0.1) is 0 Å². The van der Waals surface area contributed by atoms with Crippen LogP contribution in [-0.2, 0) is 0 Å². The summed E-state index contributed by atoms with van der Waals surface area (Å²) in [5, 5.41) is 0.685. The molecule has 0 aliphatic heterocycles. The van der Waals surface area contributed by atoms with E-state index in [9.17, 15) is 4.79 Å². The normalized spacial score (nSPS) is 10.5. The van der Waals surface area contributed by atoms with Crippen LogP contribution in [0.3, 0.4) is 0 Å². The number of hydrazine groups is 1. The number of amides is 1. The molecule has 0 unspecified atom stereocenters. The van der Waals surface area contributed by atoms with Crippen LogP contribution in [0.5, 0.6) is 0 Å². The van der Waals surface area contributed by atoms with Gasteiger partial charge >= 0.3 is 0 Å². The Morgan fingerprint density at radius 1 is 1.17 bits per heavy atom. The van der Waals surface area contributed by atoms with Crippen molar-refractivity contribution in [2.45, 2.75) is 13.8 Å². The van der Waals surface area contributed by atoms with E-state index in [0.29, 0.717) is 23.1 Å². The van der Waals surface area contributed by atoms with Gasteiger partial charge in [-0.25, -0.2) is 9.97 Å². The number of hydrogen-bond acceptors (Lipinski definition) is 6. The lowest BCUT2D eigenvalue weighted by molar-refractivity contribution is 0.0962. The smallest absolute Gasteiger partial charge is 0.271 e. The molecule has 0 bridgehead atoms. The minimum Gasteiger partial charge on any atom is -0.393 e. The van der Waals surface area contributed by atoms with E-state index in [-0.39, 0.29) is 16.4 Å². The lowest BCUT2D eigenvalue weighted by Crippen LogP contribution is -2.31. The average Bonchev–Trinajstić information content (AvgIpc) is 2.69. The van der Waals surface area contributed by atoms with Gasteiger partial charge in [0.2, 0.25) is 0 Å². The van der Waals surface area contributed by atoms with Crippen molar-refractivity contribution in [3.63, 3.8) is 0 Å². The molecular weight excluding hydrogens is 411 g/mol. The van der Waals surface area contributed by atoms with Gasteiger partial charge in [-0.3, -0.25) is 15.6 Å². The van der Waals surface area contributed by atoms with E-state index in [2.05, 4.69) is 20.8 Å². The van der Waals surface area contributed by atoms with E-state index in [1.54, 1.807) is 6.07 Å². The van der Waals surface area contributed by atoms with Gasteiger partial charge in [-0.1, -0.05) is 35.3 Å². The predicted molar refractivity (Wildman–Crippen MR) is 118 cm³/mol. The number of hydrogen-bond donors (Lipinski definition) is 3. The number of nitrogens with two attached hydrogens (primary N) is 1. The second-order valence-electron chi connectivity index (χ2n) is 6.25. The molecular formula is C20H20Cl2N6O. The molecule has 3 rings (SSSR count). The maximum Gasteiger partial charge on any atom is 0.271 e. The van der Waals surface area contributed by atoms with Crippen molar-refractivity contribution in [1.29, 1.82) is 0 Å². The van der Waals surface area contributed by atoms with Crippen molar-refractivity contribution < 1.29 is 4.79 Å². The van der Waals surface area contributed by atoms with Crippen LogP contribution in [0.4, 0.5) is 23.0 Å². The number of halogens is 2. The molecule has 7 nitrogen and oxygen atoms in total. The quantitative estimate of drug-likeness (QED) is 0.494. The van der Waals surface area contributed by atoms with Crippen LogP contribution in [0, 0.1) is 6.92 Å². The largest absolute Gasteiger partial charge is 0.393 e. The van der Waals surface area contributed by atoms with Gasteiger partial charge in [-0.2, -0.15) is 0 Å². The summed E-state index contributed by atoms with van der Waals surface area (Å²) in [7, 11) is 0. The number of anilines is 4. The van der Waals surface area contributed by atoms with Crippen molar-refractivity contribution in [3.05, 3.63) is 70.0 Å². The van der Waals surface area contributed by atoms with Gasteiger partial charge < -0.3 is 10.6 Å². The molecule has 0 atom stereocenters. The zero-order valence-corrected chi connectivity index (χ0v) is 17.4. The topological polar surface area (TPSA) is 96.2 Å². The molecule has 0 aliphatic rings. The summed E-state index contributed by atoms with van der Waals surface area (Å²) >= 11 is 11.9. The third-order valence-electron chi connectivity index (χ3n) is 4.22. The average molecular weight is 431 g/mol. The van der Waals surface area contributed by atoms with E-state index < -0.39 is 5.91 Å². The minimum absolute atomic E-state index is 0.241. The fourth-order valence-corrected chi connectivity index (χ4v) is 3.30. The molecule has 1 aromatic heterocycles.